The van der Waals surface area contributed by atoms with Gasteiger partial charge in [0, 0.05) is 30.3 Å². The second-order valence-corrected chi connectivity index (χ2v) is 10.1. The molecule has 0 saturated carbocycles. The van der Waals surface area contributed by atoms with Crippen LogP contribution in [0.2, 0.25) is 0 Å². The number of ether oxygens (including phenoxy) is 1. The lowest BCUT2D eigenvalue weighted by molar-refractivity contribution is -0.118. The van der Waals surface area contributed by atoms with Gasteiger partial charge in [0.15, 0.2) is 5.82 Å². The quantitative estimate of drug-likeness (QED) is 0.633. The van der Waals surface area contributed by atoms with Crippen LogP contribution in [0, 0.1) is 5.92 Å². The summed E-state index contributed by atoms with van der Waals surface area (Å²) in [7, 11) is -3.18. The zero-order valence-electron chi connectivity index (χ0n) is 17.8. The van der Waals surface area contributed by atoms with E-state index >= 15 is 0 Å². The first-order valence-electron chi connectivity index (χ1n) is 10.2. The maximum atomic E-state index is 12.0. The van der Waals surface area contributed by atoms with E-state index in [9.17, 15) is 13.2 Å². The number of nitrogens with one attached hydrogen (secondary N) is 1. The van der Waals surface area contributed by atoms with Crippen molar-refractivity contribution < 1.29 is 17.9 Å². The topological polar surface area (TPSA) is 93.0 Å². The highest BCUT2D eigenvalue weighted by molar-refractivity contribution is 7.88. The van der Waals surface area contributed by atoms with E-state index in [0.29, 0.717) is 31.1 Å². The fraction of sp³-hybridized carbons (Fsp3) is 0.364. The molecular weight excluding hydrogens is 416 g/mol. The van der Waals surface area contributed by atoms with E-state index in [0.717, 1.165) is 16.6 Å². The summed E-state index contributed by atoms with van der Waals surface area (Å²) in [6, 6.07) is 13.5. The molecule has 3 aromatic rings. The highest BCUT2D eigenvalue weighted by atomic mass is 32.2. The van der Waals surface area contributed by atoms with Gasteiger partial charge in [0.2, 0.25) is 15.9 Å². The molecule has 4 rings (SSSR count). The van der Waals surface area contributed by atoms with Crippen molar-refractivity contribution in [1.29, 1.82) is 0 Å². The molecule has 1 fully saturated rings. The highest BCUT2D eigenvalue weighted by Crippen LogP contribution is 2.29. The van der Waals surface area contributed by atoms with Gasteiger partial charge in [-0.25, -0.2) is 12.9 Å². The predicted octanol–water partition coefficient (Wildman–Crippen LogP) is 3.01. The summed E-state index contributed by atoms with van der Waals surface area (Å²) in [5, 5.41) is 7.28. The first-order valence-corrected chi connectivity index (χ1v) is 12.1. The van der Waals surface area contributed by atoms with Gasteiger partial charge in [-0.2, -0.15) is 9.40 Å². The molecule has 31 heavy (non-hydrogen) atoms. The van der Waals surface area contributed by atoms with E-state index in [2.05, 4.69) is 10.4 Å². The lowest BCUT2D eigenvalue weighted by atomic mass is 10.1. The number of rotatable bonds is 6. The Morgan fingerprint density at radius 2 is 1.97 bits per heavy atom. The van der Waals surface area contributed by atoms with Crippen molar-refractivity contribution in [2.75, 3.05) is 24.7 Å². The number of fused-ring (bicyclic) bond motifs is 1. The van der Waals surface area contributed by atoms with Gasteiger partial charge in [0.1, 0.15) is 11.9 Å². The first-order chi connectivity index (χ1) is 14.7. The van der Waals surface area contributed by atoms with Crippen LogP contribution < -0.4 is 10.1 Å². The molecule has 1 aromatic carbocycles. The van der Waals surface area contributed by atoms with Crippen LogP contribution in [0.1, 0.15) is 20.3 Å². The largest absolute Gasteiger partial charge is 0.489 e. The Bertz CT molecular complexity index is 1200. The molecule has 0 radical (unpaired) electrons. The summed E-state index contributed by atoms with van der Waals surface area (Å²) in [5.74, 6) is 1.02. The van der Waals surface area contributed by atoms with Gasteiger partial charge in [-0.15, -0.1) is 0 Å². The zero-order chi connectivity index (χ0) is 22.2. The molecular formula is C22H26N4O4S. The van der Waals surface area contributed by atoms with Crippen molar-refractivity contribution in [3.05, 3.63) is 48.7 Å². The summed E-state index contributed by atoms with van der Waals surface area (Å²) < 4.78 is 32.5. The number of sulfonamides is 1. The van der Waals surface area contributed by atoms with Crippen LogP contribution in [0.3, 0.4) is 0 Å². The standard InChI is InChI=1S/C22H26N4O4S/c1-15(2)22(27)23-21-13-20-19(5-4-11-26(20)24-21)16-6-8-17(9-7-16)30-18-10-12-25(14-18)31(3,28)29/h4-9,11,13,15,18H,10,12,14H2,1-3H3,(H,23,24,27)/t18-/m1/s1. The lowest BCUT2D eigenvalue weighted by Gasteiger charge is -2.15. The van der Waals surface area contributed by atoms with Gasteiger partial charge >= 0.3 is 0 Å². The minimum absolute atomic E-state index is 0.0761. The van der Waals surface area contributed by atoms with Crippen LogP contribution >= 0.6 is 0 Å². The Morgan fingerprint density at radius 1 is 1.23 bits per heavy atom. The van der Waals surface area contributed by atoms with E-state index in [-0.39, 0.29) is 17.9 Å². The van der Waals surface area contributed by atoms with Crippen LogP contribution in [0.4, 0.5) is 5.82 Å². The number of nitrogens with zero attached hydrogens (tertiary/aromatic N) is 3. The number of carbonyl (C=O) groups excluding carboxylic acids is 1. The molecule has 0 aliphatic carbocycles. The second-order valence-electron chi connectivity index (χ2n) is 8.10. The molecule has 9 heteroatoms. The van der Waals surface area contributed by atoms with E-state index < -0.39 is 10.0 Å². The van der Waals surface area contributed by atoms with Crippen LogP contribution in [0.15, 0.2) is 48.7 Å². The number of hydrogen-bond acceptors (Lipinski definition) is 5. The Balaban J connectivity index is 1.51. The Hall–Kier alpha value is -2.91. The fourth-order valence-electron chi connectivity index (χ4n) is 3.59. The number of anilines is 1. The number of pyridine rings is 1. The molecule has 1 atom stereocenters. The minimum atomic E-state index is -3.18. The van der Waals surface area contributed by atoms with E-state index in [4.69, 9.17) is 4.74 Å². The van der Waals surface area contributed by atoms with Gasteiger partial charge in [-0.3, -0.25) is 4.79 Å². The summed E-state index contributed by atoms with van der Waals surface area (Å²) >= 11 is 0. The van der Waals surface area contributed by atoms with Crippen LogP contribution in [-0.4, -0.2) is 53.7 Å². The molecule has 8 nitrogen and oxygen atoms in total. The van der Waals surface area contributed by atoms with Crippen LogP contribution in [0.25, 0.3) is 16.6 Å². The smallest absolute Gasteiger partial charge is 0.228 e. The molecule has 3 heterocycles. The Kier molecular flexibility index (Phi) is 5.72. The summed E-state index contributed by atoms with van der Waals surface area (Å²) in [6.45, 7) is 4.54. The average molecular weight is 443 g/mol. The van der Waals surface area contributed by atoms with Crippen molar-refractivity contribution in [2.24, 2.45) is 5.92 Å². The van der Waals surface area contributed by atoms with Crippen molar-refractivity contribution in [1.82, 2.24) is 13.9 Å². The number of amides is 1. The molecule has 1 aliphatic heterocycles. The van der Waals surface area contributed by atoms with Gasteiger partial charge in [0.25, 0.3) is 0 Å². The molecule has 1 N–H and O–H groups in total. The number of carbonyl (C=O) groups is 1. The van der Waals surface area contributed by atoms with Crippen molar-refractivity contribution in [3.8, 4) is 16.9 Å². The Labute approximate surface area is 181 Å². The first kappa shape index (κ1) is 21.3. The number of hydrogen-bond donors (Lipinski definition) is 1. The normalized spacial score (nSPS) is 17.4. The number of aromatic nitrogens is 2. The number of benzene rings is 1. The van der Waals surface area contributed by atoms with Crippen LogP contribution in [0.5, 0.6) is 5.75 Å². The minimum Gasteiger partial charge on any atom is -0.489 e. The van der Waals surface area contributed by atoms with Gasteiger partial charge in [0.05, 0.1) is 18.3 Å². The van der Waals surface area contributed by atoms with Crippen molar-refractivity contribution in [2.45, 2.75) is 26.4 Å². The van der Waals surface area contributed by atoms with Crippen molar-refractivity contribution in [3.63, 3.8) is 0 Å². The average Bonchev–Trinajstić information content (AvgIpc) is 3.34. The molecule has 164 valence electrons. The lowest BCUT2D eigenvalue weighted by Crippen LogP contribution is -2.29. The molecule has 2 aromatic heterocycles. The summed E-state index contributed by atoms with van der Waals surface area (Å²) in [4.78, 5) is 12.0. The maximum Gasteiger partial charge on any atom is 0.228 e. The Morgan fingerprint density at radius 3 is 2.61 bits per heavy atom. The third kappa shape index (κ3) is 4.72. The van der Waals surface area contributed by atoms with Gasteiger partial charge < -0.3 is 10.1 Å². The molecule has 0 spiro atoms. The van der Waals surface area contributed by atoms with Crippen LogP contribution in [-0.2, 0) is 14.8 Å². The van der Waals surface area contributed by atoms with E-state index in [1.165, 1.54) is 10.6 Å². The molecule has 0 bridgehead atoms. The van der Waals surface area contributed by atoms with Gasteiger partial charge in [-0.05, 0) is 30.2 Å². The monoisotopic (exact) mass is 442 g/mol. The van der Waals surface area contributed by atoms with E-state index in [1.54, 1.807) is 4.52 Å². The third-order valence-electron chi connectivity index (χ3n) is 5.32. The zero-order valence-corrected chi connectivity index (χ0v) is 18.6. The highest BCUT2D eigenvalue weighted by Gasteiger charge is 2.29. The maximum absolute atomic E-state index is 12.0. The fourth-order valence-corrected chi connectivity index (χ4v) is 4.47. The summed E-state index contributed by atoms with van der Waals surface area (Å²) in [6.07, 6.45) is 3.59. The third-order valence-corrected chi connectivity index (χ3v) is 6.59. The summed E-state index contributed by atoms with van der Waals surface area (Å²) in [5.41, 5.74) is 2.86. The predicted molar refractivity (Wildman–Crippen MR) is 120 cm³/mol. The molecule has 1 amide bonds. The van der Waals surface area contributed by atoms with Crippen molar-refractivity contribution >= 4 is 27.3 Å². The molecule has 1 saturated heterocycles. The SMILES string of the molecule is CC(C)C(=O)Nc1cc2c(-c3ccc(O[C@@H]4CCN(S(C)(=O)=O)C4)cc3)cccn2n1. The van der Waals surface area contributed by atoms with E-state index in [1.807, 2.05) is 62.5 Å². The van der Waals surface area contributed by atoms with Gasteiger partial charge in [-0.1, -0.05) is 32.0 Å². The molecule has 1 aliphatic rings. The second kappa shape index (κ2) is 8.32. The molecule has 0 unspecified atom stereocenters.